The van der Waals surface area contributed by atoms with E-state index in [0.29, 0.717) is 5.02 Å². The van der Waals surface area contributed by atoms with Crippen molar-refractivity contribution >= 4 is 50.8 Å². The van der Waals surface area contributed by atoms with Gasteiger partial charge in [-0.05, 0) is 36.4 Å². The van der Waals surface area contributed by atoms with Gasteiger partial charge < -0.3 is 0 Å². The van der Waals surface area contributed by atoms with Gasteiger partial charge in [0.1, 0.15) is 18.7 Å². The van der Waals surface area contributed by atoms with Gasteiger partial charge in [0.2, 0.25) is 0 Å². The van der Waals surface area contributed by atoms with Crippen LogP contribution in [0.4, 0.5) is 105 Å². The van der Waals surface area contributed by atoms with E-state index in [0.717, 1.165) is 5.75 Å². The highest BCUT2D eigenvalue weighted by Gasteiger charge is 2.47. The maximum Gasteiger partial charge on any atom is 0.416 e. The fourth-order valence-electron chi connectivity index (χ4n) is 6.78. The summed E-state index contributed by atoms with van der Waals surface area (Å²) in [4.78, 5) is 0. The summed E-state index contributed by atoms with van der Waals surface area (Å²) in [6.07, 6.45) is -50.8. The highest BCUT2D eigenvalue weighted by molar-refractivity contribution is 7.91. The Bertz CT molecular complexity index is 2160. The van der Waals surface area contributed by atoms with Crippen LogP contribution in [0.5, 0.6) is 5.75 Å². The zero-order valence-electron chi connectivity index (χ0n) is 33.1. The van der Waals surface area contributed by atoms with Crippen LogP contribution in [0.2, 0.25) is 5.02 Å². The minimum Gasteiger partial charge on any atom is -0.287 e. The molecule has 0 spiro atoms. The Kier molecular flexibility index (Phi) is 15.3. The molecule has 1 nitrogen and oxygen atoms in total. The van der Waals surface area contributed by atoms with Gasteiger partial charge in [0.05, 0.1) is 44.5 Å². The molecule has 0 fully saturated rings. The largest absolute Gasteiger partial charge is 0.416 e. The lowest BCUT2D eigenvalue weighted by Gasteiger charge is -2.46. The molecule has 28 heteroatoms. The highest BCUT2D eigenvalue weighted by Crippen LogP contribution is 2.41. The molecule has 0 saturated carbocycles. The first-order valence-corrected chi connectivity index (χ1v) is 20.2. The maximum absolute atomic E-state index is 14.2. The molecule has 0 aliphatic carbocycles. The van der Waals surface area contributed by atoms with Crippen LogP contribution in [0, 0.1) is 0 Å². The highest BCUT2D eigenvalue weighted by atomic mass is 35.5. The third-order valence-electron chi connectivity index (χ3n) is 9.50. The third kappa shape index (κ3) is 13.2. The van der Waals surface area contributed by atoms with E-state index in [9.17, 15) is 105 Å². The smallest absolute Gasteiger partial charge is 0.287 e. The Morgan fingerprint density at radius 3 is 0.706 bits per heavy atom. The van der Waals surface area contributed by atoms with Gasteiger partial charge in [0.25, 0.3) is 0 Å². The SMILES string of the molecule is C[S+](C)Oc1cccc(Cl)c1.FC(F)(F)c1cc([B-](c2cc(C(F)(F)F)cc(C(F)(F)F)c2)(c2cc(C(F)(F)F)cc(C(F)(F)F)c2)c2cc(C(F)(F)F)cc(C(F)(F)F)c2)cc(C(F)(F)F)c1. The molecule has 5 aromatic carbocycles. The predicted octanol–water partition coefficient (Wildman–Crippen LogP) is 13.7. The van der Waals surface area contributed by atoms with E-state index in [1.54, 1.807) is 0 Å². The average molecular weight is 1050 g/mol. The first-order valence-electron chi connectivity index (χ1n) is 17.8. The molecule has 5 aromatic rings. The first kappa shape index (κ1) is 55.5. The molecule has 0 aliphatic rings. The van der Waals surface area contributed by atoms with Crippen molar-refractivity contribution in [2.45, 2.75) is 49.4 Å². The van der Waals surface area contributed by atoms with Crippen molar-refractivity contribution in [1.29, 1.82) is 0 Å². The second kappa shape index (κ2) is 18.7. The number of alkyl halides is 24. The molecule has 0 radical (unpaired) electrons. The molecular formula is C40H22BClF24OS. The van der Waals surface area contributed by atoms with E-state index in [1.165, 1.54) is 0 Å². The molecule has 0 amide bonds. The lowest BCUT2D eigenvalue weighted by molar-refractivity contribution is -0.144. The summed E-state index contributed by atoms with van der Waals surface area (Å²) in [5.41, 5.74) is -30.2. The molecule has 0 saturated heterocycles. The van der Waals surface area contributed by atoms with E-state index >= 15 is 0 Å². The predicted molar refractivity (Wildman–Crippen MR) is 201 cm³/mol. The fraction of sp³-hybridized carbons (Fsp3) is 0.250. The Morgan fingerprint density at radius 2 is 0.544 bits per heavy atom. The Morgan fingerprint density at radius 1 is 0.338 bits per heavy atom. The van der Waals surface area contributed by atoms with Gasteiger partial charge in [-0.15, -0.1) is 0 Å². The molecule has 0 N–H and O–H groups in total. The van der Waals surface area contributed by atoms with Crippen LogP contribution in [-0.2, 0) is 60.6 Å². The Hall–Kier alpha value is -5.08. The molecule has 0 aromatic heterocycles. The van der Waals surface area contributed by atoms with Crippen molar-refractivity contribution in [3.8, 4) is 5.75 Å². The number of hydrogen-bond acceptors (Lipinski definition) is 1. The summed E-state index contributed by atoms with van der Waals surface area (Å²) in [6, 6.07) is -1.38. The van der Waals surface area contributed by atoms with Gasteiger partial charge in [-0.25, -0.2) is 0 Å². The minimum atomic E-state index is -6.13. The summed E-state index contributed by atoms with van der Waals surface area (Å²) in [5, 5.41) is 0.716. The third-order valence-corrected chi connectivity index (χ3v) is 10.3. The second-order valence-corrected chi connectivity index (χ2v) is 16.6. The zero-order valence-corrected chi connectivity index (χ0v) is 34.7. The summed E-state index contributed by atoms with van der Waals surface area (Å²) in [5.74, 6) is 0.839. The van der Waals surface area contributed by atoms with Crippen molar-refractivity contribution in [1.82, 2.24) is 0 Å². The molecule has 0 aliphatic heterocycles. The Labute approximate surface area is 374 Å². The summed E-state index contributed by atoms with van der Waals surface area (Å²) in [6.45, 7) is 0. The van der Waals surface area contributed by atoms with Crippen LogP contribution in [0.1, 0.15) is 44.5 Å². The normalized spacial score (nSPS) is 13.6. The van der Waals surface area contributed by atoms with Crippen LogP contribution < -0.4 is 26.0 Å². The van der Waals surface area contributed by atoms with Crippen molar-refractivity contribution in [3.63, 3.8) is 0 Å². The topological polar surface area (TPSA) is 9.23 Å². The molecule has 0 atom stereocenters. The number of rotatable bonds is 6. The van der Waals surface area contributed by atoms with Gasteiger partial charge >= 0.3 is 49.4 Å². The van der Waals surface area contributed by atoms with Gasteiger partial charge in [0, 0.05) is 11.1 Å². The Balaban J connectivity index is 0.000000802. The van der Waals surface area contributed by atoms with Gasteiger partial charge in [-0.2, -0.15) is 127 Å². The minimum absolute atomic E-state index is 0.0335. The van der Waals surface area contributed by atoms with E-state index < -0.39 is 195 Å². The standard InChI is InChI=1S/C32H12BF24.C8H10ClOS/c34-25(35,36)13-1-14(26(37,38)39)6-21(5-13)33(22-7-15(27(40,41)42)2-16(8-22)28(43,44)45,23-9-17(29(46,47)48)3-18(10-23)30(49,50)51)24-11-19(31(52,53)54)4-20(12-24)32(55,56)57;1-11(2)10-8-5-3-4-7(9)6-8/h1-12H;3-6H,1-2H3/q-1;+1. The molecule has 0 unspecified atom stereocenters. The average Bonchev–Trinajstić information content (AvgIpc) is 3.15. The van der Waals surface area contributed by atoms with E-state index in [4.69, 9.17) is 15.8 Å². The summed E-state index contributed by atoms with van der Waals surface area (Å²) < 4.78 is 346. The number of benzene rings is 5. The van der Waals surface area contributed by atoms with E-state index in [2.05, 4.69) is 0 Å². The van der Waals surface area contributed by atoms with Crippen LogP contribution in [0.3, 0.4) is 0 Å². The zero-order chi connectivity index (χ0) is 52.2. The van der Waals surface area contributed by atoms with Crippen LogP contribution in [0.25, 0.3) is 0 Å². The van der Waals surface area contributed by atoms with Crippen LogP contribution in [-0.4, -0.2) is 18.7 Å². The molecule has 0 bridgehead atoms. The monoisotopic (exact) mass is 1050 g/mol. The molecule has 0 heterocycles. The first-order chi connectivity index (χ1) is 30.4. The number of halogens is 25. The van der Waals surface area contributed by atoms with Gasteiger partial charge in [0.15, 0.2) is 16.9 Å². The van der Waals surface area contributed by atoms with Crippen LogP contribution >= 0.6 is 11.6 Å². The lowest BCUT2D eigenvalue weighted by atomic mass is 9.12. The quantitative estimate of drug-likeness (QED) is 0.0936. The van der Waals surface area contributed by atoms with Crippen molar-refractivity contribution in [2.24, 2.45) is 0 Å². The molecule has 372 valence electrons. The second-order valence-electron chi connectivity index (χ2n) is 14.5. The van der Waals surface area contributed by atoms with Gasteiger partial charge in [-0.3, -0.25) is 4.18 Å². The fourth-order valence-corrected chi connectivity index (χ4v) is 7.45. The molecular weight excluding hydrogens is 1030 g/mol. The maximum atomic E-state index is 14.2. The molecule has 5 rings (SSSR count). The molecule has 68 heavy (non-hydrogen) atoms. The lowest BCUT2D eigenvalue weighted by Crippen LogP contribution is -2.75. The number of hydrogen-bond donors (Lipinski definition) is 0. The van der Waals surface area contributed by atoms with Gasteiger partial charge in [-0.1, -0.05) is 66.2 Å². The van der Waals surface area contributed by atoms with E-state index in [1.807, 2.05) is 36.8 Å². The van der Waals surface area contributed by atoms with Crippen molar-refractivity contribution < 1.29 is 110 Å². The van der Waals surface area contributed by atoms with Crippen molar-refractivity contribution in [2.75, 3.05) is 12.5 Å². The summed E-state index contributed by atoms with van der Waals surface area (Å²) >= 11 is 5.72. The summed E-state index contributed by atoms with van der Waals surface area (Å²) in [7, 11) is 0. The van der Waals surface area contributed by atoms with Crippen molar-refractivity contribution in [3.05, 3.63) is 147 Å². The van der Waals surface area contributed by atoms with E-state index in [-0.39, 0.29) is 11.2 Å². The van der Waals surface area contributed by atoms with Crippen LogP contribution in [0.15, 0.2) is 97.1 Å².